The van der Waals surface area contributed by atoms with E-state index in [1.807, 2.05) is 23.7 Å². The van der Waals surface area contributed by atoms with Gasteiger partial charge in [0.05, 0.1) is 23.1 Å². The van der Waals surface area contributed by atoms with Crippen LogP contribution in [0.25, 0.3) is 0 Å². The minimum Gasteiger partial charge on any atom is -0.309 e. The first-order valence-corrected chi connectivity index (χ1v) is 10.0. The molecule has 1 unspecified atom stereocenters. The van der Waals surface area contributed by atoms with Crippen LogP contribution in [0.4, 0.5) is 0 Å². The van der Waals surface area contributed by atoms with Crippen LogP contribution < -0.4 is 0 Å². The standard InChI is InChI=1S/C15H16N4O2S2/c1-19-14(13-6-7-23(20,21)10-13)17-18-15(19)22-9-12-4-2-11(8-16)3-5-12/h2-5,13H,6-7,9-10H2,1H3. The van der Waals surface area contributed by atoms with Crippen molar-refractivity contribution in [2.45, 2.75) is 23.2 Å². The molecular weight excluding hydrogens is 332 g/mol. The molecule has 23 heavy (non-hydrogen) atoms. The molecule has 120 valence electrons. The summed E-state index contributed by atoms with van der Waals surface area (Å²) in [4.78, 5) is 0. The second-order valence-corrected chi connectivity index (χ2v) is 8.77. The summed E-state index contributed by atoms with van der Waals surface area (Å²) in [7, 11) is -1.05. The van der Waals surface area contributed by atoms with Crippen LogP contribution in [0.2, 0.25) is 0 Å². The first kappa shape index (κ1) is 16.0. The Morgan fingerprint density at radius 3 is 2.70 bits per heavy atom. The van der Waals surface area contributed by atoms with Crippen LogP contribution in [-0.4, -0.2) is 34.7 Å². The van der Waals surface area contributed by atoms with Crippen LogP contribution in [0.15, 0.2) is 29.4 Å². The number of nitrogens with zero attached hydrogens (tertiary/aromatic N) is 4. The fraction of sp³-hybridized carbons (Fsp3) is 0.400. The highest BCUT2D eigenvalue weighted by Crippen LogP contribution is 2.30. The van der Waals surface area contributed by atoms with Crippen LogP contribution in [0.3, 0.4) is 0 Å². The van der Waals surface area contributed by atoms with Gasteiger partial charge in [0.2, 0.25) is 0 Å². The number of nitriles is 1. The molecule has 1 aromatic heterocycles. The van der Waals surface area contributed by atoms with Gasteiger partial charge >= 0.3 is 0 Å². The van der Waals surface area contributed by atoms with Gasteiger partial charge in [0.15, 0.2) is 15.0 Å². The summed E-state index contributed by atoms with van der Waals surface area (Å²) >= 11 is 1.55. The first-order chi connectivity index (χ1) is 11.0. The number of hydrogen-bond donors (Lipinski definition) is 0. The summed E-state index contributed by atoms with van der Waals surface area (Å²) in [6.45, 7) is 0. The average Bonchev–Trinajstić information content (AvgIpc) is 3.08. The number of sulfone groups is 1. The molecule has 1 aliphatic heterocycles. The zero-order valence-electron chi connectivity index (χ0n) is 12.6. The fourth-order valence-electron chi connectivity index (χ4n) is 2.63. The van der Waals surface area contributed by atoms with Gasteiger partial charge in [0, 0.05) is 18.7 Å². The van der Waals surface area contributed by atoms with Gasteiger partial charge in [-0.15, -0.1) is 10.2 Å². The third kappa shape index (κ3) is 3.57. The molecule has 0 amide bonds. The summed E-state index contributed by atoms with van der Waals surface area (Å²) in [5.74, 6) is 1.81. The Bertz CT molecular complexity index is 851. The summed E-state index contributed by atoms with van der Waals surface area (Å²) in [5, 5.41) is 17.9. The minimum absolute atomic E-state index is 0.0539. The molecule has 1 fully saturated rings. The van der Waals surface area contributed by atoms with Crippen molar-refractivity contribution in [3.63, 3.8) is 0 Å². The van der Waals surface area contributed by atoms with E-state index >= 15 is 0 Å². The second-order valence-electron chi connectivity index (χ2n) is 5.60. The summed E-state index contributed by atoms with van der Waals surface area (Å²) in [6, 6.07) is 9.53. The van der Waals surface area contributed by atoms with E-state index < -0.39 is 9.84 Å². The van der Waals surface area contributed by atoms with Crippen LogP contribution in [0.5, 0.6) is 0 Å². The molecule has 1 aliphatic rings. The molecule has 8 heteroatoms. The van der Waals surface area contributed by atoms with Crippen molar-refractivity contribution in [2.75, 3.05) is 11.5 Å². The van der Waals surface area contributed by atoms with Crippen molar-refractivity contribution in [2.24, 2.45) is 7.05 Å². The van der Waals surface area contributed by atoms with E-state index in [4.69, 9.17) is 5.26 Å². The fourth-order valence-corrected chi connectivity index (χ4v) is 5.24. The topological polar surface area (TPSA) is 88.6 Å². The van der Waals surface area contributed by atoms with Gasteiger partial charge in [-0.05, 0) is 24.1 Å². The Balaban J connectivity index is 1.68. The molecule has 1 aromatic carbocycles. The third-order valence-corrected chi connectivity index (χ3v) is 6.78. The van der Waals surface area contributed by atoms with Gasteiger partial charge in [-0.2, -0.15) is 5.26 Å². The van der Waals surface area contributed by atoms with Gasteiger partial charge < -0.3 is 4.57 Å². The molecule has 1 saturated heterocycles. The molecule has 0 saturated carbocycles. The lowest BCUT2D eigenvalue weighted by molar-refractivity contribution is 0.599. The lowest BCUT2D eigenvalue weighted by Gasteiger charge is -2.08. The number of aromatic nitrogens is 3. The molecular formula is C15H16N4O2S2. The van der Waals surface area contributed by atoms with Crippen molar-refractivity contribution >= 4 is 21.6 Å². The number of thioether (sulfide) groups is 1. The van der Waals surface area contributed by atoms with Gasteiger partial charge in [0.25, 0.3) is 0 Å². The lowest BCUT2D eigenvalue weighted by atomic mass is 10.1. The molecule has 1 atom stereocenters. The van der Waals surface area contributed by atoms with E-state index in [1.165, 1.54) is 0 Å². The average molecular weight is 348 g/mol. The Morgan fingerprint density at radius 1 is 1.35 bits per heavy atom. The molecule has 0 N–H and O–H groups in total. The molecule has 0 aliphatic carbocycles. The third-order valence-electron chi connectivity index (χ3n) is 3.92. The minimum atomic E-state index is -2.93. The Kier molecular flexibility index (Phi) is 4.41. The highest BCUT2D eigenvalue weighted by molar-refractivity contribution is 7.98. The van der Waals surface area contributed by atoms with E-state index in [1.54, 1.807) is 23.9 Å². The summed E-state index contributed by atoms with van der Waals surface area (Å²) in [6.07, 6.45) is 0.620. The Morgan fingerprint density at radius 2 is 2.09 bits per heavy atom. The SMILES string of the molecule is Cn1c(SCc2ccc(C#N)cc2)nnc1C1CCS(=O)(=O)C1. The summed E-state index contributed by atoms with van der Waals surface area (Å²) < 4.78 is 25.1. The predicted octanol–water partition coefficient (Wildman–Crippen LogP) is 1.88. The van der Waals surface area contributed by atoms with E-state index in [-0.39, 0.29) is 17.4 Å². The van der Waals surface area contributed by atoms with Crippen LogP contribution >= 0.6 is 11.8 Å². The van der Waals surface area contributed by atoms with E-state index in [2.05, 4.69) is 16.3 Å². The van der Waals surface area contributed by atoms with E-state index in [9.17, 15) is 8.42 Å². The lowest BCUT2D eigenvalue weighted by Crippen LogP contribution is -2.09. The molecule has 2 heterocycles. The monoisotopic (exact) mass is 348 g/mol. The number of rotatable bonds is 4. The molecule has 2 aromatic rings. The normalized spacial score (nSPS) is 19.6. The summed E-state index contributed by atoms with van der Waals surface area (Å²) in [5.41, 5.74) is 1.74. The van der Waals surface area contributed by atoms with Crippen LogP contribution in [-0.2, 0) is 22.6 Å². The van der Waals surface area contributed by atoms with Crippen LogP contribution in [0, 0.1) is 11.3 Å². The zero-order valence-corrected chi connectivity index (χ0v) is 14.3. The van der Waals surface area contributed by atoms with Crippen LogP contribution in [0.1, 0.15) is 29.3 Å². The Labute approximate surface area is 139 Å². The van der Waals surface area contributed by atoms with Crippen molar-refractivity contribution in [3.05, 3.63) is 41.2 Å². The number of benzene rings is 1. The first-order valence-electron chi connectivity index (χ1n) is 7.20. The van der Waals surface area contributed by atoms with Gasteiger partial charge in [-0.25, -0.2) is 8.42 Å². The molecule has 0 radical (unpaired) electrons. The maximum absolute atomic E-state index is 11.6. The smallest absolute Gasteiger partial charge is 0.191 e. The Hall–Kier alpha value is -1.85. The molecule has 0 spiro atoms. The molecule has 3 rings (SSSR count). The second kappa shape index (κ2) is 6.34. The van der Waals surface area contributed by atoms with Crippen molar-refractivity contribution in [3.8, 4) is 6.07 Å². The highest BCUT2D eigenvalue weighted by Gasteiger charge is 2.32. The van der Waals surface area contributed by atoms with Crippen molar-refractivity contribution in [1.82, 2.24) is 14.8 Å². The maximum Gasteiger partial charge on any atom is 0.191 e. The quantitative estimate of drug-likeness (QED) is 0.784. The van der Waals surface area contributed by atoms with Gasteiger partial charge in [-0.3, -0.25) is 0 Å². The zero-order chi connectivity index (χ0) is 16.4. The van der Waals surface area contributed by atoms with Crippen molar-refractivity contribution in [1.29, 1.82) is 5.26 Å². The maximum atomic E-state index is 11.6. The molecule has 6 nitrogen and oxygen atoms in total. The number of hydrogen-bond acceptors (Lipinski definition) is 6. The van der Waals surface area contributed by atoms with Gasteiger partial charge in [-0.1, -0.05) is 23.9 Å². The highest BCUT2D eigenvalue weighted by atomic mass is 32.2. The largest absolute Gasteiger partial charge is 0.309 e. The predicted molar refractivity (Wildman–Crippen MR) is 87.7 cm³/mol. The van der Waals surface area contributed by atoms with Gasteiger partial charge in [0.1, 0.15) is 5.82 Å². The van der Waals surface area contributed by atoms with E-state index in [0.29, 0.717) is 12.0 Å². The molecule has 0 bridgehead atoms. The van der Waals surface area contributed by atoms with Crippen molar-refractivity contribution < 1.29 is 8.42 Å². The van der Waals surface area contributed by atoms with E-state index in [0.717, 1.165) is 22.3 Å².